The number of anilines is 1. The summed E-state index contributed by atoms with van der Waals surface area (Å²) in [5, 5.41) is 16.8. The zero-order chi connectivity index (χ0) is 17.1. The van der Waals surface area contributed by atoms with Crippen LogP contribution < -0.4 is 5.32 Å². The van der Waals surface area contributed by atoms with Gasteiger partial charge in [0.2, 0.25) is 0 Å². The van der Waals surface area contributed by atoms with Crippen LogP contribution in [0.1, 0.15) is 11.7 Å². The Bertz CT molecular complexity index is 984. The number of hydrogen-bond acceptors (Lipinski definition) is 5. The van der Waals surface area contributed by atoms with Crippen LogP contribution in [0.3, 0.4) is 0 Å². The number of fused-ring (bicyclic) bond motifs is 1. The zero-order valence-corrected chi connectivity index (χ0v) is 14.3. The van der Waals surface area contributed by atoms with Crippen molar-refractivity contribution in [2.45, 2.75) is 6.10 Å². The summed E-state index contributed by atoms with van der Waals surface area (Å²) in [7, 11) is 0. The molecule has 4 nitrogen and oxygen atoms in total. The van der Waals surface area contributed by atoms with Crippen LogP contribution in [0.5, 0.6) is 0 Å². The van der Waals surface area contributed by atoms with E-state index in [1.807, 2.05) is 36.4 Å². The van der Waals surface area contributed by atoms with Gasteiger partial charge in [-0.05, 0) is 34.5 Å². The highest BCUT2D eigenvalue weighted by Crippen LogP contribution is 2.27. The third-order valence-electron chi connectivity index (χ3n) is 4.08. The average molecular weight is 347 g/mol. The molecule has 2 aromatic heterocycles. The highest BCUT2D eigenvalue weighted by molar-refractivity contribution is 7.17. The molecule has 4 rings (SSSR count). The largest absolute Gasteiger partial charge is 0.387 e. The van der Waals surface area contributed by atoms with Crippen molar-refractivity contribution >= 4 is 27.2 Å². The lowest BCUT2D eigenvalue weighted by atomic mass is 10.1. The minimum atomic E-state index is -0.582. The number of benzene rings is 2. The van der Waals surface area contributed by atoms with E-state index in [0.717, 1.165) is 16.8 Å². The van der Waals surface area contributed by atoms with Crippen LogP contribution >= 0.6 is 11.3 Å². The topological polar surface area (TPSA) is 58.0 Å². The summed E-state index contributed by atoms with van der Waals surface area (Å²) in [5.41, 5.74) is 2.80. The Morgan fingerprint density at radius 1 is 1.00 bits per heavy atom. The first-order valence-electron chi connectivity index (χ1n) is 8.06. The van der Waals surface area contributed by atoms with Crippen molar-refractivity contribution in [1.29, 1.82) is 0 Å². The Morgan fingerprint density at radius 2 is 1.88 bits per heavy atom. The van der Waals surface area contributed by atoms with Crippen molar-refractivity contribution in [3.8, 4) is 11.3 Å². The maximum Gasteiger partial charge on any atom is 0.130 e. The fraction of sp³-hybridized carbons (Fsp3) is 0.100. The minimum Gasteiger partial charge on any atom is -0.387 e. The highest BCUT2D eigenvalue weighted by atomic mass is 32.1. The molecule has 0 radical (unpaired) electrons. The van der Waals surface area contributed by atoms with E-state index in [4.69, 9.17) is 0 Å². The van der Waals surface area contributed by atoms with E-state index in [1.54, 1.807) is 17.7 Å². The zero-order valence-electron chi connectivity index (χ0n) is 13.5. The second-order valence-electron chi connectivity index (χ2n) is 5.77. The summed E-state index contributed by atoms with van der Waals surface area (Å²) >= 11 is 1.73. The molecule has 2 aromatic carbocycles. The van der Waals surface area contributed by atoms with Gasteiger partial charge in [0, 0.05) is 22.9 Å². The van der Waals surface area contributed by atoms with Crippen molar-refractivity contribution in [2.75, 3.05) is 11.9 Å². The monoisotopic (exact) mass is 347 g/mol. The van der Waals surface area contributed by atoms with Gasteiger partial charge in [-0.2, -0.15) is 0 Å². The average Bonchev–Trinajstić information content (AvgIpc) is 3.15. The minimum absolute atomic E-state index is 0.393. The van der Waals surface area contributed by atoms with Crippen LogP contribution in [-0.2, 0) is 0 Å². The molecule has 0 saturated carbocycles. The second-order valence-corrected chi connectivity index (χ2v) is 6.72. The maximum atomic E-state index is 10.3. The van der Waals surface area contributed by atoms with Gasteiger partial charge < -0.3 is 10.4 Å². The molecule has 2 N–H and O–H groups in total. The van der Waals surface area contributed by atoms with Crippen molar-refractivity contribution in [1.82, 2.24) is 9.97 Å². The summed E-state index contributed by atoms with van der Waals surface area (Å²) < 4.78 is 1.27. The van der Waals surface area contributed by atoms with E-state index in [9.17, 15) is 5.11 Å². The van der Waals surface area contributed by atoms with Gasteiger partial charge in [0.25, 0.3) is 0 Å². The SMILES string of the molecule is O[C@@H](CNc1cc(-c2ccc3sccc3c2)ncn1)c1ccccc1. The molecule has 25 heavy (non-hydrogen) atoms. The van der Waals surface area contributed by atoms with Gasteiger partial charge in [-0.1, -0.05) is 36.4 Å². The molecule has 0 aliphatic heterocycles. The van der Waals surface area contributed by atoms with E-state index in [-0.39, 0.29) is 0 Å². The summed E-state index contributed by atoms with van der Waals surface area (Å²) in [5.74, 6) is 0.699. The Hall–Kier alpha value is -2.76. The van der Waals surface area contributed by atoms with Gasteiger partial charge in [-0.25, -0.2) is 9.97 Å². The summed E-state index contributed by atoms with van der Waals surface area (Å²) in [6.07, 6.45) is 0.964. The number of nitrogens with zero attached hydrogens (tertiary/aromatic N) is 2. The molecule has 5 heteroatoms. The van der Waals surface area contributed by atoms with E-state index < -0.39 is 6.10 Å². The number of nitrogens with one attached hydrogen (secondary N) is 1. The number of aromatic nitrogens is 2. The first-order chi connectivity index (χ1) is 12.3. The fourth-order valence-corrected chi connectivity index (χ4v) is 3.50. The van der Waals surface area contributed by atoms with Gasteiger partial charge in [0.05, 0.1) is 11.8 Å². The van der Waals surface area contributed by atoms with Crippen LogP contribution in [0, 0.1) is 0 Å². The van der Waals surface area contributed by atoms with Crippen molar-refractivity contribution in [2.24, 2.45) is 0 Å². The Balaban J connectivity index is 1.51. The van der Waals surface area contributed by atoms with Crippen LogP contribution in [0.4, 0.5) is 5.82 Å². The summed E-state index contributed by atoms with van der Waals surface area (Å²) in [6.45, 7) is 0.393. The molecule has 2 heterocycles. The smallest absolute Gasteiger partial charge is 0.130 e. The molecule has 0 aliphatic rings. The Labute approximate surface area is 149 Å². The van der Waals surface area contributed by atoms with E-state index >= 15 is 0 Å². The van der Waals surface area contributed by atoms with E-state index in [1.165, 1.54) is 10.1 Å². The molecular weight excluding hydrogens is 330 g/mol. The molecule has 0 saturated heterocycles. The number of hydrogen-bond donors (Lipinski definition) is 2. The molecule has 0 bridgehead atoms. The predicted molar refractivity (Wildman–Crippen MR) is 103 cm³/mol. The number of aliphatic hydroxyl groups excluding tert-OH is 1. The first-order valence-corrected chi connectivity index (χ1v) is 8.94. The molecule has 0 spiro atoms. The Kier molecular flexibility index (Phi) is 4.41. The Morgan fingerprint density at radius 3 is 2.76 bits per heavy atom. The van der Waals surface area contributed by atoms with Crippen molar-refractivity contribution in [3.63, 3.8) is 0 Å². The summed E-state index contributed by atoms with van der Waals surface area (Å²) in [6, 6.07) is 19.9. The molecule has 1 atom stereocenters. The van der Waals surface area contributed by atoms with Gasteiger partial charge in [0.1, 0.15) is 12.1 Å². The highest BCUT2D eigenvalue weighted by Gasteiger charge is 2.08. The van der Waals surface area contributed by atoms with Crippen LogP contribution in [0.2, 0.25) is 0 Å². The van der Waals surface area contributed by atoms with Gasteiger partial charge >= 0.3 is 0 Å². The number of thiophene rings is 1. The van der Waals surface area contributed by atoms with Gasteiger partial charge in [-0.15, -0.1) is 11.3 Å². The van der Waals surface area contributed by atoms with Crippen LogP contribution in [0.15, 0.2) is 72.4 Å². The van der Waals surface area contributed by atoms with Crippen LogP contribution in [0.25, 0.3) is 21.3 Å². The number of rotatable bonds is 5. The molecule has 4 aromatic rings. The maximum absolute atomic E-state index is 10.3. The molecular formula is C20H17N3OS. The van der Waals surface area contributed by atoms with E-state index in [0.29, 0.717) is 12.4 Å². The standard InChI is InChI=1S/C20H17N3OS/c24-18(14-4-2-1-3-5-14)12-21-20-11-17(22-13-23-20)15-6-7-19-16(10-15)8-9-25-19/h1-11,13,18,24H,12H2,(H,21,22,23)/t18-/m0/s1. The normalized spacial score (nSPS) is 12.2. The molecule has 124 valence electrons. The lowest BCUT2D eigenvalue weighted by Crippen LogP contribution is -2.13. The fourth-order valence-electron chi connectivity index (χ4n) is 2.73. The quantitative estimate of drug-likeness (QED) is 0.558. The van der Waals surface area contributed by atoms with Gasteiger partial charge in [0.15, 0.2) is 0 Å². The van der Waals surface area contributed by atoms with Crippen molar-refractivity contribution < 1.29 is 5.11 Å². The molecule has 0 amide bonds. The predicted octanol–water partition coefficient (Wildman–Crippen LogP) is 4.50. The third kappa shape index (κ3) is 3.52. The molecule has 0 aliphatic carbocycles. The van der Waals surface area contributed by atoms with Crippen LogP contribution in [-0.4, -0.2) is 21.6 Å². The lowest BCUT2D eigenvalue weighted by Gasteiger charge is -2.13. The first kappa shape index (κ1) is 15.7. The van der Waals surface area contributed by atoms with Crippen molar-refractivity contribution in [3.05, 3.63) is 77.9 Å². The molecule has 0 unspecified atom stereocenters. The second kappa shape index (κ2) is 7.01. The lowest BCUT2D eigenvalue weighted by molar-refractivity contribution is 0.191. The number of aliphatic hydroxyl groups is 1. The van der Waals surface area contributed by atoms with Gasteiger partial charge in [-0.3, -0.25) is 0 Å². The third-order valence-corrected chi connectivity index (χ3v) is 4.97. The molecule has 0 fully saturated rings. The van der Waals surface area contributed by atoms with E-state index in [2.05, 4.69) is 44.9 Å². The summed E-state index contributed by atoms with van der Waals surface area (Å²) in [4.78, 5) is 8.63.